The molecule has 7 nitrogen and oxygen atoms in total. The Morgan fingerprint density at radius 3 is 2.46 bits per heavy atom. The second kappa shape index (κ2) is 8.91. The average Bonchev–Trinajstić information content (AvgIpc) is 2.73. The van der Waals surface area contributed by atoms with E-state index >= 15 is 0 Å². The molecule has 0 radical (unpaired) electrons. The second-order valence-electron chi connectivity index (χ2n) is 6.08. The van der Waals surface area contributed by atoms with Gasteiger partial charge in [0.1, 0.15) is 12.4 Å². The van der Waals surface area contributed by atoms with Gasteiger partial charge in [-0.1, -0.05) is 23.7 Å². The molecule has 0 N–H and O–H groups in total. The Morgan fingerprint density at radius 1 is 1.14 bits per heavy atom. The van der Waals surface area contributed by atoms with Crippen molar-refractivity contribution in [1.82, 2.24) is 4.31 Å². The Morgan fingerprint density at radius 2 is 1.82 bits per heavy atom. The monoisotopic (exact) mass is 425 g/mol. The fraction of sp³-hybridized carbons (Fsp3) is 0.316. The van der Waals surface area contributed by atoms with Gasteiger partial charge in [-0.2, -0.15) is 4.31 Å². The number of sulfonamides is 1. The predicted molar refractivity (Wildman–Crippen MR) is 103 cm³/mol. The first kappa shape index (κ1) is 20.6. The third kappa shape index (κ3) is 4.64. The SMILES string of the molecule is COc1ccc(COC(=O)c2cc(S(=O)(=O)N3CCOCC3)ccc2Cl)cc1. The van der Waals surface area contributed by atoms with Crippen LogP contribution in [0, 0.1) is 0 Å². The molecule has 0 amide bonds. The molecule has 0 aliphatic carbocycles. The van der Waals surface area contributed by atoms with E-state index in [-0.39, 0.29) is 35.2 Å². The summed E-state index contributed by atoms with van der Waals surface area (Å²) in [6, 6.07) is 11.1. The van der Waals surface area contributed by atoms with Crippen LogP contribution in [0.1, 0.15) is 15.9 Å². The summed E-state index contributed by atoms with van der Waals surface area (Å²) in [5.41, 5.74) is 0.770. The van der Waals surface area contributed by atoms with Crippen LogP contribution in [-0.4, -0.2) is 52.1 Å². The molecule has 1 saturated heterocycles. The number of morpholine rings is 1. The lowest BCUT2D eigenvalue weighted by Crippen LogP contribution is -2.40. The third-order valence-corrected chi connectivity index (χ3v) is 6.52. The number of ether oxygens (including phenoxy) is 3. The summed E-state index contributed by atoms with van der Waals surface area (Å²) in [5.74, 6) is -0.000938. The number of nitrogens with zero attached hydrogens (tertiary/aromatic N) is 1. The van der Waals surface area contributed by atoms with Crippen molar-refractivity contribution in [2.24, 2.45) is 0 Å². The van der Waals surface area contributed by atoms with Crippen LogP contribution in [0.5, 0.6) is 5.75 Å². The first-order valence-corrected chi connectivity index (χ1v) is 10.4. The van der Waals surface area contributed by atoms with Gasteiger partial charge in [-0.3, -0.25) is 0 Å². The van der Waals surface area contributed by atoms with Crippen LogP contribution in [0.4, 0.5) is 0 Å². The number of hydrogen-bond acceptors (Lipinski definition) is 6. The van der Waals surface area contributed by atoms with Crippen LogP contribution < -0.4 is 4.74 Å². The average molecular weight is 426 g/mol. The molecule has 0 unspecified atom stereocenters. The van der Waals surface area contributed by atoms with E-state index < -0.39 is 16.0 Å². The van der Waals surface area contributed by atoms with Crippen molar-refractivity contribution in [3.8, 4) is 5.75 Å². The van der Waals surface area contributed by atoms with Crippen molar-refractivity contribution in [3.05, 3.63) is 58.6 Å². The molecule has 28 heavy (non-hydrogen) atoms. The summed E-state index contributed by atoms with van der Waals surface area (Å²) in [6.45, 7) is 1.23. The van der Waals surface area contributed by atoms with Crippen LogP contribution in [0.25, 0.3) is 0 Å². The summed E-state index contributed by atoms with van der Waals surface area (Å²) in [4.78, 5) is 12.5. The number of esters is 1. The van der Waals surface area contributed by atoms with Crippen molar-refractivity contribution in [3.63, 3.8) is 0 Å². The van der Waals surface area contributed by atoms with Gasteiger partial charge in [-0.15, -0.1) is 0 Å². The van der Waals surface area contributed by atoms with Crippen molar-refractivity contribution in [2.75, 3.05) is 33.4 Å². The van der Waals surface area contributed by atoms with E-state index in [9.17, 15) is 13.2 Å². The number of benzene rings is 2. The van der Waals surface area contributed by atoms with Gasteiger partial charge in [0.15, 0.2) is 0 Å². The van der Waals surface area contributed by atoms with Gasteiger partial charge in [0.05, 0.1) is 35.8 Å². The molecule has 0 saturated carbocycles. The van der Waals surface area contributed by atoms with E-state index in [1.807, 2.05) is 0 Å². The number of hydrogen-bond donors (Lipinski definition) is 0. The molecule has 1 heterocycles. The fourth-order valence-electron chi connectivity index (χ4n) is 2.71. The van der Waals surface area contributed by atoms with Gasteiger partial charge in [0.2, 0.25) is 10.0 Å². The lowest BCUT2D eigenvalue weighted by Gasteiger charge is -2.26. The number of carbonyl (C=O) groups is 1. The molecule has 0 spiro atoms. The number of rotatable bonds is 6. The Labute approximate surface area is 168 Å². The lowest BCUT2D eigenvalue weighted by molar-refractivity contribution is 0.0472. The quantitative estimate of drug-likeness (QED) is 0.662. The maximum absolute atomic E-state index is 12.8. The smallest absolute Gasteiger partial charge is 0.340 e. The second-order valence-corrected chi connectivity index (χ2v) is 8.43. The van der Waals surface area contributed by atoms with Gasteiger partial charge in [-0.05, 0) is 35.9 Å². The minimum Gasteiger partial charge on any atom is -0.497 e. The van der Waals surface area contributed by atoms with Crippen LogP contribution in [0.2, 0.25) is 5.02 Å². The molecular weight excluding hydrogens is 406 g/mol. The van der Waals surface area contributed by atoms with Gasteiger partial charge in [0, 0.05) is 13.1 Å². The normalized spacial score (nSPS) is 15.2. The first-order valence-electron chi connectivity index (χ1n) is 8.59. The van der Waals surface area contributed by atoms with Crippen LogP contribution in [0.3, 0.4) is 0 Å². The molecule has 0 aromatic heterocycles. The maximum atomic E-state index is 12.8. The van der Waals surface area contributed by atoms with E-state index in [4.69, 9.17) is 25.8 Å². The minimum atomic E-state index is -3.74. The van der Waals surface area contributed by atoms with Crippen LogP contribution >= 0.6 is 11.6 Å². The molecule has 3 rings (SSSR count). The molecule has 1 aliphatic heterocycles. The molecule has 0 bridgehead atoms. The zero-order chi connectivity index (χ0) is 20.1. The van der Waals surface area contributed by atoms with Crippen molar-refractivity contribution < 1.29 is 27.4 Å². The predicted octanol–water partition coefficient (Wildman–Crippen LogP) is 2.73. The molecule has 1 fully saturated rings. The molecule has 0 atom stereocenters. The summed E-state index contributed by atoms with van der Waals surface area (Å²) in [5, 5.41) is 0.126. The zero-order valence-electron chi connectivity index (χ0n) is 15.3. The molecule has 150 valence electrons. The largest absolute Gasteiger partial charge is 0.497 e. The van der Waals surface area contributed by atoms with Crippen molar-refractivity contribution >= 4 is 27.6 Å². The van der Waals surface area contributed by atoms with Gasteiger partial charge < -0.3 is 14.2 Å². The molecule has 2 aromatic carbocycles. The Hall–Kier alpha value is -2.13. The van der Waals surface area contributed by atoms with Gasteiger partial charge >= 0.3 is 5.97 Å². The molecule has 9 heteroatoms. The first-order chi connectivity index (χ1) is 13.4. The minimum absolute atomic E-state index is 0.00418. The summed E-state index contributed by atoms with van der Waals surface area (Å²) in [7, 11) is -2.17. The van der Waals surface area contributed by atoms with E-state index in [1.165, 1.54) is 22.5 Å². The van der Waals surface area contributed by atoms with E-state index in [0.29, 0.717) is 19.0 Å². The fourth-order valence-corrected chi connectivity index (χ4v) is 4.34. The molecule has 2 aromatic rings. The van der Waals surface area contributed by atoms with E-state index in [2.05, 4.69) is 0 Å². The Balaban J connectivity index is 1.75. The van der Waals surface area contributed by atoms with E-state index in [1.54, 1.807) is 31.4 Å². The highest BCUT2D eigenvalue weighted by Crippen LogP contribution is 2.24. The number of carbonyl (C=O) groups excluding carboxylic acids is 1. The van der Waals surface area contributed by atoms with Crippen LogP contribution in [-0.2, 0) is 26.1 Å². The highest BCUT2D eigenvalue weighted by Gasteiger charge is 2.27. The van der Waals surface area contributed by atoms with Gasteiger partial charge in [0.25, 0.3) is 0 Å². The summed E-state index contributed by atoms with van der Waals surface area (Å²) < 4.78 is 42.4. The Kier molecular flexibility index (Phi) is 6.56. The summed E-state index contributed by atoms with van der Waals surface area (Å²) in [6.07, 6.45) is 0. The molecular formula is C19H20ClNO6S. The van der Waals surface area contributed by atoms with Gasteiger partial charge in [-0.25, -0.2) is 13.2 Å². The highest BCUT2D eigenvalue weighted by atomic mass is 35.5. The Bertz CT molecular complexity index is 939. The highest BCUT2D eigenvalue weighted by molar-refractivity contribution is 7.89. The van der Waals surface area contributed by atoms with Crippen molar-refractivity contribution in [2.45, 2.75) is 11.5 Å². The molecule has 1 aliphatic rings. The van der Waals surface area contributed by atoms with E-state index in [0.717, 1.165) is 5.56 Å². The topological polar surface area (TPSA) is 82.1 Å². The summed E-state index contributed by atoms with van der Waals surface area (Å²) >= 11 is 6.10. The lowest BCUT2D eigenvalue weighted by atomic mass is 10.2. The number of methoxy groups -OCH3 is 1. The maximum Gasteiger partial charge on any atom is 0.340 e. The zero-order valence-corrected chi connectivity index (χ0v) is 16.8. The van der Waals surface area contributed by atoms with Crippen molar-refractivity contribution in [1.29, 1.82) is 0 Å². The standard InChI is InChI=1S/C19H20ClNO6S/c1-25-15-4-2-14(3-5-15)13-27-19(22)17-12-16(6-7-18(17)20)28(23,24)21-8-10-26-11-9-21/h2-7,12H,8-11,13H2,1H3. The van der Waals surface area contributed by atoms with Crippen LogP contribution in [0.15, 0.2) is 47.4 Å². The number of halogens is 1. The third-order valence-electron chi connectivity index (χ3n) is 4.29.